The van der Waals surface area contributed by atoms with Crippen LogP contribution in [-0.2, 0) is 0 Å². The Balaban J connectivity index is 1.66. The summed E-state index contributed by atoms with van der Waals surface area (Å²) in [5.74, 6) is 0.875. The van der Waals surface area contributed by atoms with Crippen LogP contribution in [0.4, 0.5) is 0 Å². The van der Waals surface area contributed by atoms with E-state index in [0.717, 1.165) is 0 Å². The molecule has 8 aliphatic carbocycles. The van der Waals surface area contributed by atoms with E-state index in [2.05, 4.69) is 107 Å². The fraction of sp³-hybridized carbons (Fsp3) is 0.514. The maximum atomic E-state index is 2.73. The van der Waals surface area contributed by atoms with Crippen molar-refractivity contribution in [1.82, 2.24) is 0 Å². The van der Waals surface area contributed by atoms with Crippen LogP contribution in [-0.4, -0.2) is 0 Å². The van der Waals surface area contributed by atoms with Crippen LogP contribution in [0.3, 0.4) is 0 Å². The second-order valence-corrected chi connectivity index (χ2v) is 15.5. The van der Waals surface area contributed by atoms with Gasteiger partial charge >= 0.3 is 0 Å². The normalized spacial score (nSPS) is 37.7. The maximum Gasteiger partial charge on any atom is 0.0432 e. The van der Waals surface area contributed by atoms with Gasteiger partial charge in [0.15, 0.2) is 0 Å². The Kier molecular flexibility index (Phi) is 3.46. The Morgan fingerprint density at radius 1 is 0.514 bits per heavy atom. The van der Waals surface area contributed by atoms with Crippen molar-refractivity contribution in [3.8, 4) is 0 Å². The molecule has 0 amide bonds. The number of rotatable bonds is 0. The van der Waals surface area contributed by atoms with Crippen LogP contribution in [0.5, 0.6) is 0 Å². The SMILES string of the molecule is CC1=C(C)C2=C3C1=CC1=C(C)C(C)=C4C=C5C6=C(C=C7C(C(=C2)C(C)(C)C7(C)C)C36[C@@H]14)C(C)(C)C5(C)C. The molecule has 0 saturated heterocycles. The lowest BCUT2D eigenvalue weighted by Gasteiger charge is -2.58. The molecule has 1 fully saturated rings. The van der Waals surface area contributed by atoms with Gasteiger partial charge in [-0.1, -0.05) is 90.8 Å². The summed E-state index contributed by atoms with van der Waals surface area (Å²) in [4.78, 5) is 0. The van der Waals surface area contributed by atoms with Crippen molar-refractivity contribution in [1.29, 1.82) is 0 Å². The molecule has 0 heterocycles. The zero-order valence-corrected chi connectivity index (χ0v) is 25.0. The van der Waals surface area contributed by atoms with E-state index in [0.29, 0.717) is 11.8 Å². The number of hydrogen-bond donors (Lipinski definition) is 0. The summed E-state index contributed by atoms with van der Waals surface area (Å²) in [5.41, 5.74) is 22.8. The highest BCUT2D eigenvalue weighted by Crippen LogP contribution is 2.83. The molecule has 0 aromatic carbocycles. The fourth-order valence-corrected chi connectivity index (χ4v) is 10.2. The lowest BCUT2D eigenvalue weighted by molar-refractivity contribution is 0.219. The summed E-state index contributed by atoms with van der Waals surface area (Å²) in [7, 11) is 0. The van der Waals surface area contributed by atoms with Crippen molar-refractivity contribution in [3.63, 3.8) is 0 Å². The van der Waals surface area contributed by atoms with E-state index in [1.165, 1.54) is 22.3 Å². The molecule has 0 heteroatoms. The zero-order chi connectivity index (χ0) is 26.6. The second kappa shape index (κ2) is 5.66. The highest BCUT2D eigenvalue weighted by molar-refractivity contribution is 5.85. The predicted octanol–water partition coefficient (Wildman–Crippen LogP) is 9.69. The van der Waals surface area contributed by atoms with Gasteiger partial charge in [0.05, 0.1) is 0 Å². The molecule has 0 nitrogen and oxygen atoms in total. The highest BCUT2D eigenvalue weighted by Gasteiger charge is 2.73. The largest absolute Gasteiger partial charge is 0.0577 e. The van der Waals surface area contributed by atoms with Crippen LogP contribution in [0.1, 0.15) is 83.1 Å². The molecule has 2 unspecified atom stereocenters. The summed E-state index contributed by atoms with van der Waals surface area (Å²) < 4.78 is 0. The Bertz CT molecular complexity index is 1630. The summed E-state index contributed by atoms with van der Waals surface area (Å²) in [6, 6.07) is 0. The van der Waals surface area contributed by atoms with Crippen molar-refractivity contribution in [2.45, 2.75) is 83.1 Å². The van der Waals surface area contributed by atoms with E-state index in [-0.39, 0.29) is 27.1 Å². The molecule has 1 saturated carbocycles. The Morgan fingerprint density at radius 3 is 1.70 bits per heavy atom. The van der Waals surface area contributed by atoms with Crippen LogP contribution < -0.4 is 0 Å². The lowest BCUT2D eigenvalue weighted by Crippen LogP contribution is -2.50. The van der Waals surface area contributed by atoms with Gasteiger partial charge in [-0.2, -0.15) is 0 Å². The van der Waals surface area contributed by atoms with E-state index in [1.807, 2.05) is 0 Å². The van der Waals surface area contributed by atoms with Gasteiger partial charge in [0.2, 0.25) is 0 Å². The Hall–Kier alpha value is -2.34. The van der Waals surface area contributed by atoms with E-state index >= 15 is 0 Å². The van der Waals surface area contributed by atoms with E-state index in [4.69, 9.17) is 0 Å². The van der Waals surface area contributed by atoms with Crippen LogP contribution in [0.2, 0.25) is 0 Å². The minimum absolute atomic E-state index is 0.0220. The standard InChI is InChI=1S/C37H42/c1-17-19(3)23-14-25-31-27(35(9,10)33(25,5)6)16-28-32-26(34(7,8)36(28,11)12)15-24-20(4)18(2)22-13-21(17)29(23)37(31,32)30(22)24/h13-16,29,32H,1-12H3/t29-,32?,37?/m0/s1. The molecule has 0 N–H and O–H groups in total. The first-order chi connectivity index (χ1) is 17.1. The molecule has 3 atom stereocenters. The molecule has 0 aliphatic heterocycles. The molecular formula is C37H42. The maximum absolute atomic E-state index is 2.73. The molecule has 1 spiro atoms. The Morgan fingerprint density at radius 2 is 1.08 bits per heavy atom. The van der Waals surface area contributed by atoms with Gasteiger partial charge in [-0.25, -0.2) is 0 Å². The van der Waals surface area contributed by atoms with Gasteiger partial charge in [-0.15, -0.1) is 0 Å². The van der Waals surface area contributed by atoms with Crippen molar-refractivity contribution < 1.29 is 0 Å². The highest BCUT2D eigenvalue weighted by atomic mass is 14.8. The van der Waals surface area contributed by atoms with Crippen LogP contribution >= 0.6 is 0 Å². The average molecular weight is 487 g/mol. The second-order valence-electron chi connectivity index (χ2n) is 15.5. The monoisotopic (exact) mass is 486 g/mol. The predicted molar refractivity (Wildman–Crippen MR) is 155 cm³/mol. The van der Waals surface area contributed by atoms with Crippen molar-refractivity contribution >= 4 is 0 Å². The average Bonchev–Trinajstić information content (AvgIpc) is 3.33. The lowest BCUT2D eigenvalue weighted by atomic mass is 9.44. The van der Waals surface area contributed by atoms with Crippen molar-refractivity contribution in [2.75, 3.05) is 0 Å². The molecule has 0 bridgehead atoms. The summed E-state index contributed by atoms with van der Waals surface area (Å²) >= 11 is 0. The van der Waals surface area contributed by atoms with Gasteiger partial charge in [0.25, 0.3) is 0 Å². The summed E-state index contributed by atoms with van der Waals surface area (Å²) in [6.07, 6.45) is 10.7. The van der Waals surface area contributed by atoms with Gasteiger partial charge in [-0.05, 0) is 116 Å². The van der Waals surface area contributed by atoms with Crippen molar-refractivity contribution in [3.05, 3.63) is 102 Å². The molecular weight excluding hydrogens is 444 g/mol. The first kappa shape index (κ1) is 22.6. The minimum atomic E-state index is -0.0220. The van der Waals surface area contributed by atoms with Crippen LogP contribution in [0.15, 0.2) is 102 Å². The third-order valence-electron chi connectivity index (χ3n) is 14.0. The van der Waals surface area contributed by atoms with Gasteiger partial charge in [-0.3, -0.25) is 0 Å². The van der Waals surface area contributed by atoms with E-state index in [1.54, 1.807) is 55.7 Å². The molecule has 0 aromatic heterocycles. The Labute approximate surface area is 224 Å². The smallest absolute Gasteiger partial charge is 0.0432 e. The zero-order valence-electron chi connectivity index (χ0n) is 25.0. The van der Waals surface area contributed by atoms with Gasteiger partial charge in [0, 0.05) is 17.3 Å². The van der Waals surface area contributed by atoms with Gasteiger partial charge in [0.1, 0.15) is 0 Å². The van der Waals surface area contributed by atoms with Crippen molar-refractivity contribution in [2.24, 2.45) is 38.9 Å². The summed E-state index contributed by atoms with van der Waals surface area (Å²) in [5, 5.41) is 0. The van der Waals surface area contributed by atoms with Crippen LogP contribution in [0.25, 0.3) is 0 Å². The topological polar surface area (TPSA) is 0 Å². The third-order valence-corrected chi connectivity index (χ3v) is 14.0. The fourth-order valence-electron chi connectivity index (χ4n) is 10.2. The van der Waals surface area contributed by atoms with Crippen LogP contribution in [0, 0.1) is 38.9 Å². The quantitative estimate of drug-likeness (QED) is 0.320. The first-order valence-electron chi connectivity index (χ1n) is 14.5. The summed E-state index contributed by atoms with van der Waals surface area (Å²) in [6.45, 7) is 29.9. The third kappa shape index (κ3) is 1.83. The van der Waals surface area contributed by atoms with E-state index < -0.39 is 0 Å². The van der Waals surface area contributed by atoms with Gasteiger partial charge < -0.3 is 0 Å². The molecule has 190 valence electrons. The molecule has 8 aliphatic rings. The first-order valence-corrected chi connectivity index (χ1v) is 14.5. The molecule has 37 heavy (non-hydrogen) atoms. The van der Waals surface area contributed by atoms with E-state index in [9.17, 15) is 0 Å². The molecule has 0 radical (unpaired) electrons. The molecule has 8 rings (SSSR count). The number of allylic oxidation sites excluding steroid dienone is 18. The molecule has 0 aromatic rings. The minimum Gasteiger partial charge on any atom is -0.0577 e. The number of hydrogen-bond acceptors (Lipinski definition) is 0.